The summed E-state index contributed by atoms with van der Waals surface area (Å²) < 4.78 is 36.8. The van der Waals surface area contributed by atoms with Crippen LogP contribution in [0.3, 0.4) is 0 Å². The molecule has 1 aromatic carbocycles. The number of rotatable bonds is 3. The zero-order chi connectivity index (χ0) is 13.1. The van der Waals surface area contributed by atoms with Gasteiger partial charge in [0.25, 0.3) is 0 Å². The Morgan fingerprint density at radius 2 is 1.94 bits per heavy atom. The van der Waals surface area contributed by atoms with Gasteiger partial charge in [-0.15, -0.1) is 0 Å². The SMILES string of the molecule is CCN(Cc1ccccc1Cl)C(=O)C(F)(F)F. The molecule has 1 aromatic rings. The molecule has 1 rings (SSSR count). The van der Waals surface area contributed by atoms with Gasteiger partial charge in [-0.25, -0.2) is 0 Å². The van der Waals surface area contributed by atoms with Crippen LogP contribution in [0.5, 0.6) is 0 Å². The average Bonchev–Trinajstić information content (AvgIpc) is 2.26. The summed E-state index contributed by atoms with van der Waals surface area (Å²) in [5, 5.41) is 0.348. The third-order valence-corrected chi connectivity index (χ3v) is 2.60. The van der Waals surface area contributed by atoms with E-state index in [1.54, 1.807) is 24.3 Å². The van der Waals surface area contributed by atoms with Crippen molar-refractivity contribution in [1.82, 2.24) is 4.90 Å². The molecule has 0 aliphatic rings. The van der Waals surface area contributed by atoms with Gasteiger partial charge in [-0.2, -0.15) is 13.2 Å². The summed E-state index contributed by atoms with van der Waals surface area (Å²) in [6.07, 6.45) is -4.85. The highest BCUT2D eigenvalue weighted by Crippen LogP contribution is 2.22. The number of nitrogens with zero attached hydrogens (tertiary/aromatic N) is 1. The van der Waals surface area contributed by atoms with Crippen LogP contribution in [0.1, 0.15) is 12.5 Å². The second-order valence-corrected chi connectivity index (χ2v) is 3.82. The van der Waals surface area contributed by atoms with Crippen molar-refractivity contribution in [2.75, 3.05) is 6.54 Å². The van der Waals surface area contributed by atoms with Crippen LogP contribution in [0.25, 0.3) is 0 Å². The van der Waals surface area contributed by atoms with Crippen LogP contribution >= 0.6 is 11.6 Å². The molecule has 0 saturated carbocycles. The van der Waals surface area contributed by atoms with E-state index in [1.165, 1.54) is 6.92 Å². The van der Waals surface area contributed by atoms with Gasteiger partial charge in [-0.1, -0.05) is 29.8 Å². The first kappa shape index (κ1) is 13.8. The Hall–Kier alpha value is -1.23. The van der Waals surface area contributed by atoms with E-state index in [1.807, 2.05) is 0 Å². The summed E-state index contributed by atoms with van der Waals surface area (Å²) in [7, 11) is 0. The maximum Gasteiger partial charge on any atom is 0.471 e. The van der Waals surface area contributed by atoms with Crippen molar-refractivity contribution in [3.63, 3.8) is 0 Å². The fourth-order valence-electron chi connectivity index (χ4n) is 1.34. The zero-order valence-corrected chi connectivity index (χ0v) is 9.85. The molecule has 0 aliphatic carbocycles. The average molecular weight is 266 g/mol. The summed E-state index contributed by atoms with van der Waals surface area (Å²) in [5.74, 6) is -1.85. The second-order valence-electron chi connectivity index (χ2n) is 3.41. The van der Waals surface area contributed by atoms with E-state index in [4.69, 9.17) is 11.6 Å². The molecule has 0 atom stereocenters. The molecular weight excluding hydrogens is 255 g/mol. The molecule has 0 spiro atoms. The summed E-state index contributed by atoms with van der Waals surface area (Å²) in [6, 6.07) is 6.50. The van der Waals surface area contributed by atoms with E-state index >= 15 is 0 Å². The van der Waals surface area contributed by atoms with Crippen LogP contribution in [0.4, 0.5) is 13.2 Å². The molecule has 6 heteroatoms. The number of halogens is 4. The molecule has 0 aromatic heterocycles. The third-order valence-electron chi connectivity index (χ3n) is 2.23. The highest BCUT2D eigenvalue weighted by atomic mass is 35.5. The minimum absolute atomic E-state index is 0.0242. The van der Waals surface area contributed by atoms with Gasteiger partial charge in [-0.05, 0) is 18.6 Å². The lowest BCUT2D eigenvalue weighted by atomic mass is 10.2. The minimum atomic E-state index is -4.85. The Balaban J connectivity index is 2.85. The number of carbonyl (C=O) groups excluding carboxylic acids is 1. The van der Waals surface area contributed by atoms with Crippen LogP contribution in [0.15, 0.2) is 24.3 Å². The monoisotopic (exact) mass is 265 g/mol. The fraction of sp³-hybridized carbons (Fsp3) is 0.364. The van der Waals surface area contributed by atoms with Crippen molar-refractivity contribution < 1.29 is 18.0 Å². The normalized spacial score (nSPS) is 11.4. The van der Waals surface area contributed by atoms with Gasteiger partial charge < -0.3 is 4.90 Å². The van der Waals surface area contributed by atoms with E-state index < -0.39 is 12.1 Å². The van der Waals surface area contributed by atoms with Gasteiger partial charge in [0.05, 0.1) is 0 Å². The first-order chi connectivity index (χ1) is 7.86. The number of hydrogen-bond acceptors (Lipinski definition) is 1. The van der Waals surface area contributed by atoms with Crippen LogP contribution in [-0.2, 0) is 11.3 Å². The van der Waals surface area contributed by atoms with E-state index in [0.29, 0.717) is 15.5 Å². The maximum absolute atomic E-state index is 12.3. The Morgan fingerprint density at radius 1 is 1.35 bits per heavy atom. The Kier molecular flexibility index (Phi) is 4.40. The molecule has 17 heavy (non-hydrogen) atoms. The first-order valence-electron chi connectivity index (χ1n) is 4.95. The van der Waals surface area contributed by atoms with Crippen molar-refractivity contribution in [3.05, 3.63) is 34.9 Å². The zero-order valence-electron chi connectivity index (χ0n) is 9.09. The van der Waals surface area contributed by atoms with Crippen molar-refractivity contribution in [1.29, 1.82) is 0 Å². The summed E-state index contributed by atoms with van der Waals surface area (Å²) >= 11 is 5.83. The lowest BCUT2D eigenvalue weighted by molar-refractivity contribution is -0.185. The van der Waals surface area contributed by atoms with Gasteiger partial charge >= 0.3 is 12.1 Å². The molecule has 0 bridgehead atoms. The Morgan fingerprint density at radius 3 is 2.41 bits per heavy atom. The van der Waals surface area contributed by atoms with Crippen LogP contribution in [-0.4, -0.2) is 23.5 Å². The molecule has 2 nitrogen and oxygen atoms in total. The molecule has 1 amide bonds. The number of benzene rings is 1. The lowest BCUT2D eigenvalue weighted by Crippen LogP contribution is -2.40. The Labute approximate surface area is 102 Å². The molecular formula is C11H11ClF3NO. The van der Waals surface area contributed by atoms with E-state index in [-0.39, 0.29) is 13.1 Å². The number of carbonyl (C=O) groups is 1. The van der Waals surface area contributed by atoms with Gasteiger partial charge in [0.15, 0.2) is 0 Å². The standard InChI is InChI=1S/C11H11ClF3NO/c1-2-16(10(17)11(13,14)15)7-8-5-3-4-6-9(8)12/h3-6H,2,7H2,1H3. The molecule has 0 radical (unpaired) electrons. The smallest absolute Gasteiger partial charge is 0.331 e. The maximum atomic E-state index is 12.3. The molecule has 0 N–H and O–H groups in total. The molecule has 0 saturated heterocycles. The van der Waals surface area contributed by atoms with Crippen molar-refractivity contribution >= 4 is 17.5 Å². The van der Waals surface area contributed by atoms with Crippen molar-refractivity contribution in [2.24, 2.45) is 0 Å². The Bertz CT molecular complexity index is 406. The van der Waals surface area contributed by atoms with Gasteiger partial charge in [0.2, 0.25) is 0 Å². The molecule has 0 heterocycles. The number of amides is 1. The highest BCUT2D eigenvalue weighted by molar-refractivity contribution is 6.31. The minimum Gasteiger partial charge on any atom is -0.331 e. The highest BCUT2D eigenvalue weighted by Gasteiger charge is 2.41. The molecule has 0 unspecified atom stereocenters. The quantitative estimate of drug-likeness (QED) is 0.821. The van der Waals surface area contributed by atoms with E-state index in [9.17, 15) is 18.0 Å². The van der Waals surface area contributed by atoms with Crippen LogP contribution in [0, 0.1) is 0 Å². The van der Waals surface area contributed by atoms with Gasteiger partial charge in [0, 0.05) is 18.1 Å². The van der Waals surface area contributed by atoms with E-state index in [0.717, 1.165) is 0 Å². The fourth-order valence-corrected chi connectivity index (χ4v) is 1.53. The van der Waals surface area contributed by atoms with Gasteiger partial charge in [-0.3, -0.25) is 4.79 Å². The third kappa shape index (κ3) is 3.63. The van der Waals surface area contributed by atoms with E-state index in [2.05, 4.69) is 0 Å². The number of hydrogen-bond donors (Lipinski definition) is 0. The predicted octanol–water partition coefficient (Wildman–Crippen LogP) is 3.25. The van der Waals surface area contributed by atoms with Crippen molar-refractivity contribution in [2.45, 2.75) is 19.6 Å². The lowest BCUT2D eigenvalue weighted by Gasteiger charge is -2.22. The second kappa shape index (κ2) is 5.40. The summed E-state index contributed by atoms with van der Waals surface area (Å²) in [4.78, 5) is 11.8. The van der Waals surface area contributed by atoms with Crippen LogP contribution < -0.4 is 0 Å². The predicted molar refractivity (Wildman–Crippen MR) is 58.6 cm³/mol. The largest absolute Gasteiger partial charge is 0.471 e. The topological polar surface area (TPSA) is 20.3 Å². The summed E-state index contributed by atoms with van der Waals surface area (Å²) in [6.45, 7) is 1.32. The molecule has 94 valence electrons. The van der Waals surface area contributed by atoms with Gasteiger partial charge in [0.1, 0.15) is 0 Å². The summed E-state index contributed by atoms with van der Waals surface area (Å²) in [5.41, 5.74) is 0.494. The van der Waals surface area contributed by atoms with Crippen molar-refractivity contribution in [3.8, 4) is 0 Å². The van der Waals surface area contributed by atoms with Crippen LogP contribution in [0.2, 0.25) is 5.02 Å². The molecule has 0 fully saturated rings. The first-order valence-corrected chi connectivity index (χ1v) is 5.33. The number of alkyl halides is 3. The molecule has 0 aliphatic heterocycles.